The van der Waals surface area contributed by atoms with Crippen molar-refractivity contribution in [1.29, 1.82) is 0 Å². The van der Waals surface area contributed by atoms with Crippen LogP contribution >= 0.6 is 0 Å². The fourth-order valence-corrected chi connectivity index (χ4v) is 4.26. The standard InChI is InChI=1S/C27H24N2O5/c30-25(19-8-2-1-3-9-19)20-10-4-5-11-21(20)26(31)28-14-16-29(17-15-28)27(32)24-18-33-22-12-6-7-13-23(22)34-24/h1-13,24H,14-18H2/t24-/m0/s1. The summed E-state index contributed by atoms with van der Waals surface area (Å²) in [5, 5.41) is 0. The number of ketones is 1. The minimum absolute atomic E-state index is 0.152. The van der Waals surface area contributed by atoms with Crippen molar-refractivity contribution in [2.75, 3.05) is 32.8 Å². The Hall–Kier alpha value is -4.13. The molecule has 7 nitrogen and oxygen atoms in total. The fraction of sp³-hybridized carbons (Fsp3) is 0.222. The second kappa shape index (κ2) is 9.39. The number of hydrogen-bond donors (Lipinski definition) is 0. The van der Waals surface area contributed by atoms with Crippen LogP contribution in [0.4, 0.5) is 0 Å². The van der Waals surface area contributed by atoms with Gasteiger partial charge in [-0.3, -0.25) is 14.4 Å². The summed E-state index contributed by atoms with van der Waals surface area (Å²) in [6, 6.07) is 23.1. The van der Waals surface area contributed by atoms with Crippen LogP contribution in [0.2, 0.25) is 0 Å². The highest BCUT2D eigenvalue weighted by Gasteiger charge is 2.34. The molecular weight excluding hydrogens is 432 g/mol. The van der Waals surface area contributed by atoms with Gasteiger partial charge in [-0.25, -0.2) is 0 Å². The van der Waals surface area contributed by atoms with E-state index in [1.165, 1.54) is 0 Å². The lowest BCUT2D eigenvalue weighted by Gasteiger charge is -2.37. The van der Waals surface area contributed by atoms with Gasteiger partial charge in [0.25, 0.3) is 11.8 Å². The summed E-state index contributed by atoms with van der Waals surface area (Å²) in [5.74, 6) is 0.638. The molecule has 0 unspecified atom stereocenters. The van der Waals surface area contributed by atoms with Gasteiger partial charge in [-0.1, -0.05) is 60.7 Å². The summed E-state index contributed by atoms with van der Waals surface area (Å²) in [7, 11) is 0. The van der Waals surface area contributed by atoms with E-state index in [4.69, 9.17) is 9.47 Å². The monoisotopic (exact) mass is 456 g/mol. The van der Waals surface area contributed by atoms with Crippen molar-refractivity contribution in [3.63, 3.8) is 0 Å². The molecule has 1 saturated heterocycles. The highest BCUT2D eigenvalue weighted by Crippen LogP contribution is 2.31. The first-order chi connectivity index (χ1) is 16.6. The number of piperazine rings is 1. The zero-order valence-electron chi connectivity index (χ0n) is 18.6. The third-order valence-electron chi connectivity index (χ3n) is 6.10. The van der Waals surface area contributed by atoms with Crippen LogP contribution in [0.15, 0.2) is 78.9 Å². The van der Waals surface area contributed by atoms with Crippen molar-refractivity contribution in [2.45, 2.75) is 6.10 Å². The van der Waals surface area contributed by atoms with Crippen LogP contribution in [-0.2, 0) is 4.79 Å². The van der Waals surface area contributed by atoms with Gasteiger partial charge in [-0.15, -0.1) is 0 Å². The average Bonchev–Trinajstić information content (AvgIpc) is 2.92. The molecule has 5 rings (SSSR count). The van der Waals surface area contributed by atoms with Crippen LogP contribution in [0.3, 0.4) is 0 Å². The van der Waals surface area contributed by atoms with Crippen LogP contribution in [0.5, 0.6) is 11.5 Å². The first-order valence-electron chi connectivity index (χ1n) is 11.3. The lowest BCUT2D eigenvalue weighted by molar-refractivity contribution is -0.142. The Labute approximate surface area is 197 Å². The van der Waals surface area contributed by atoms with Crippen LogP contribution in [0, 0.1) is 0 Å². The Balaban J connectivity index is 1.24. The molecule has 1 fully saturated rings. The number of nitrogens with zero attached hydrogens (tertiary/aromatic N) is 2. The minimum atomic E-state index is -0.707. The predicted molar refractivity (Wildman–Crippen MR) is 125 cm³/mol. The van der Waals surface area contributed by atoms with Crippen LogP contribution < -0.4 is 9.47 Å². The summed E-state index contributed by atoms with van der Waals surface area (Å²) in [6.07, 6.45) is -0.707. The Morgan fingerprint density at radius 2 is 1.26 bits per heavy atom. The van der Waals surface area contributed by atoms with Crippen molar-refractivity contribution in [1.82, 2.24) is 9.80 Å². The second-order valence-electron chi connectivity index (χ2n) is 8.22. The number of para-hydroxylation sites is 2. The molecule has 2 heterocycles. The molecule has 2 aliphatic rings. The zero-order chi connectivity index (χ0) is 23.5. The third-order valence-corrected chi connectivity index (χ3v) is 6.10. The summed E-state index contributed by atoms with van der Waals surface area (Å²) in [4.78, 5) is 42.7. The maximum Gasteiger partial charge on any atom is 0.267 e. The smallest absolute Gasteiger partial charge is 0.267 e. The van der Waals surface area contributed by atoms with Crippen LogP contribution in [-0.4, -0.2) is 66.3 Å². The van der Waals surface area contributed by atoms with E-state index in [9.17, 15) is 14.4 Å². The maximum absolute atomic E-state index is 13.3. The van der Waals surface area contributed by atoms with Gasteiger partial charge in [0.1, 0.15) is 6.61 Å². The van der Waals surface area contributed by atoms with Gasteiger partial charge < -0.3 is 19.3 Å². The Morgan fingerprint density at radius 1 is 0.676 bits per heavy atom. The Bertz CT molecular complexity index is 1220. The third kappa shape index (κ3) is 4.24. The van der Waals surface area contributed by atoms with Crippen molar-refractivity contribution in [2.24, 2.45) is 0 Å². The van der Waals surface area contributed by atoms with E-state index in [2.05, 4.69) is 0 Å². The van der Waals surface area contributed by atoms with E-state index >= 15 is 0 Å². The number of fused-ring (bicyclic) bond motifs is 1. The molecule has 0 aromatic heterocycles. The molecule has 3 aromatic carbocycles. The SMILES string of the molecule is O=C(c1ccccc1)c1ccccc1C(=O)N1CCN(C(=O)[C@@H]2COc3ccccc3O2)CC1. The zero-order valence-corrected chi connectivity index (χ0v) is 18.6. The molecular formula is C27H24N2O5. The van der Waals surface area contributed by atoms with Gasteiger partial charge in [-0.2, -0.15) is 0 Å². The molecule has 2 aliphatic heterocycles. The van der Waals surface area contributed by atoms with Crippen molar-refractivity contribution in [3.8, 4) is 11.5 Å². The van der Waals surface area contributed by atoms with Gasteiger partial charge in [0.15, 0.2) is 17.3 Å². The summed E-state index contributed by atoms with van der Waals surface area (Å²) < 4.78 is 11.5. The molecule has 0 aliphatic carbocycles. The van der Waals surface area contributed by atoms with E-state index in [0.29, 0.717) is 54.4 Å². The summed E-state index contributed by atoms with van der Waals surface area (Å²) >= 11 is 0. The Kier molecular flexibility index (Phi) is 5.99. The highest BCUT2D eigenvalue weighted by atomic mass is 16.6. The summed E-state index contributed by atoms with van der Waals surface area (Å²) in [6.45, 7) is 1.69. The first-order valence-corrected chi connectivity index (χ1v) is 11.3. The molecule has 7 heteroatoms. The van der Waals surface area contributed by atoms with Gasteiger partial charge in [-0.05, 0) is 18.2 Å². The number of carbonyl (C=O) groups is 3. The molecule has 3 aromatic rings. The lowest BCUT2D eigenvalue weighted by atomic mass is 9.97. The maximum atomic E-state index is 13.3. The topological polar surface area (TPSA) is 76.2 Å². The minimum Gasteiger partial charge on any atom is -0.485 e. The van der Waals surface area contributed by atoms with Crippen molar-refractivity contribution >= 4 is 17.6 Å². The molecule has 34 heavy (non-hydrogen) atoms. The van der Waals surface area contributed by atoms with Crippen LogP contribution in [0.1, 0.15) is 26.3 Å². The number of ether oxygens (including phenoxy) is 2. The number of hydrogen-bond acceptors (Lipinski definition) is 5. The largest absolute Gasteiger partial charge is 0.485 e. The van der Waals surface area contributed by atoms with E-state index < -0.39 is 6.10 Å². The van der Waals surface area contributed by atoms with Crippen molar-refractivity contribution in [3.05, 3.63) is 95.6 Å². The molecule has 0 saturated carbocycles. The fourth-order valence-electron chi connectivity index (χ4n) is 4.26. The predicted octanol–water partition coefficient (Wildman–Crippen LogP) is 3.04. The summed E-state index contributed by atoms with van der Waals surface area (Å²) in [5.41, 5.74) is 1.29. The number of carbonyl (C=O) groups excluding carboxylic acids is 3. The Morgan fingerprint density at radius 3 is 2.00 bits per heavy atom. The molecule has 172 valence electrons. The molecule has 0 radical (unpaired) electrons. The van der Waals surface area contributed by atoms with E-state index in [-0.39, 0.29) is 24.2 Å². The normalized spacial score (nSPS) is 17.2. The number of benzene rings is 3. The first kappa shape index (κ1) is 21.7. The van der Waals surface area contributed by atoms with Gasteiger partial charge in [0.2, 0.25) is 6.10 Å². The molecule has 0 spiro atoms. The van der Waals surface area contributed by atoms with Crippen molar-refractivity contribution < 1.29 is 23.9 Å². The van der Waals surface area contributed by atoms with E-state index in [1.807, 2.05) is 18.2 Å². The van der Waals surface area contributed by atoms with Gasteiger partial charge in [0.05, 0.1) is 5.56 Å². The van der Waals surface area contributed by atoms with Gasteiger partial charge in [0, 0.05) is 37.3 Å². The lowest BCUT2D eigenvalue weighted by Crippen LogP contribution is -2.55. The average molecular weight is 456 g/mol. The van der Waals surface area contributed by atoms with Gasteiger partial charge >= 0.3 is 0 Å². The quantitative estimate of drug-likeness (QED) is 0.564. The van der Waals surface area contributed by atoms with E-state index in [0.717, 1.165) is 0 Å². The molecule has 2 amide bonds. The van der Waals surface area contributed by atoms with E-state index in [1.54, 1.807) is 70.5 Å². The number of rotatable bonds is 4. The second-order valence-corrected chi connectivity index (χ2v) is 8.22. The van der Waals surface area contributed by atoms with Crippen LogP contribution in [0.25, 0.3) is 0 Å². The highest BCUT2D eigenvalue weighted by molar-refractivity contribution is 6.15. The molecule has 0 bridgehead atoms. The molecule has 1 atom stereocenters. The number of amides is 2. The molecule has 0 N–H and O–H groups in total.